The number of hydrogen-bond donors (Lipinski definition) is 3. The molecule has 7 heteroatoms. The van der Waals surface area contributed by atoms with Gasteiger partial charge in [0, 0.05) is 17.1 Å². The number of benzene rings is 2. The summed E-state index contributed by atoms with van der Waals surface area (Å²) in [5, 5.41) is 31.7. The van der Waals surface area contributed by atoms with Crippen molar-refractivity contribution in [2.24, 2.45) is 5.41 Å². The van der Waals surface area contributed by atoms with Crippen LogP contribution in [0.1, 0.15) is 61.3 Å². The molecule has 37 heavy (non-hydrogen) atoms. The average Bonchev–Trinajstić information content (AvgIpc) is 2.92. The summed E-state index contributed by atoms with van der Waals surface area (Å²) in [5.74, 6) is -0.137. The topological polar surface area (TPSA) is 103 Å². The van der Waals surface area contributed by atoms with E-state index in [9.17, 15) is 20.1 Å². The summed E-state index contributed by atoms with van der Waals surface area (Å²) >= 11 is 0. The molecule has 0 radical (unpaired) electrons. The number of piperidine rings is 1. The first-order valence-corrected chi connectivity index (χ1v) is 13.2. The number of aromatic nitrogens is 1. The van der Waals surface area contributed by atoms with Crippen LogP contribution < -0.4 is 4.74 Å². The van der Waals surface area contributed by atoms with Gasteiger partial charge in [0.15, 0.2) is 0 Å². The molecular formula is C30H38N2O5. The van der Waals surface area contributed by atoms with E-state index in [2.05, 4.69) is 34.1 Å². The number of fused-ring (bicyclic) bond motifs is 1. The van der Waals surface area contributed by atoms with Gasteiger partial charge in [-0.1, -0.05) is 30.3 Å². The van der Waals surface area contributed by atoms with E-state index < -0.39 is 12.1 Å². The van der Waals surface area contributed by atoms with Crippen molar-refractivity contribution in [1.82, 2.24) is 9.88 Å². The number of methoxy groups -OCH3 is 1. The van der Waals surface area contributed by atoms with Crippen LogP contribution >= 0.6 is 0 Å². The number of rotatable bonds is 12. The first-order valence-electron chi connectivity index (χ1n) is 13.2. The molecule has 1 fully saturated rings. The third-order valence-electron chi connectivity index (χ3n) is 7.88. The predicted molar refractivity (Wildman–Crippen MR) is 144 cm³/mol. The Hall–Kier alpha value is -3.00. The molecule has 1 aliphatic heterocycles. The molecule has 0 amide bonds. The zero-order chi connectivity index (χ0) is 26.3. The van der Waals surface area contributed by atoms with Crippen molar-refractivity contribution in [3.05, 3.63) is 71.4 Å². The van der Waals surface area contributed by atoms with Gasteiger partial charge in [-0.15, -0.1) is 0 Å². The van der Waals surface area contributed by atoms with Crippen molar-refractivity contribution < 1.29 is 24.9 Å². The third kappa shape index (κ3) is 6.86. The van der Waals surface area contributed by atoms with Gasteiger partial charge in [0.2, 0.25) is 0 Å². The summed E-state index contributed by atoms with van der Waals surface area (Å²) in [6.07, 6.45) is 5.63. The fraction of sp³-hybridized carbons (Fsp3) is 0.467. The van der Waals surface area contributed by atoms with Crippen LogP contribution in [0.3, 0.4) is 0 Å². The summed E-state index contributed by atoms with van der Waals surface area (Å²) in [4.78, 5) is 18.7. The highest BCUT2D eigenvalue weighted by Gasteiger charge is 2.37. The number of aliphatic hydroxyl groups is 2. The second-order valence-corrected chi connectivity index (χ2v) is 10.3. The lowest BCUT2D eigenvalue weighted by molar-refractivity contribution is -0.141. The van der Waals surface area contributed by atoms with E-state index in [0.29, 0.717) is 29.7 Å². The van der Waals surface area contributed by atoms with Gasteiger partial charge >= 0.3 is 5.97 Å². The minimum Gasteiger partial charge on any atom is -0.497 e. The first kappa shape index (κ1) is 27.0. The van der Waals surface area contributed by atoms with Crippen molar-refractivity contribution in [2.45, 2.75) is 57.7 Å². The Morgan fingerprint density at radius 1 is 1.16 bits per heavy atom. The zero-order valence-corrected chi connectivity index (χ0v) is 21.6. The summed E-state index contributed by atoms with van der Waals surface area (Å²) in [7, 11) is 1.59. The van der Waals surface area contributed by atoms with Gasteiger partial charge in [0.25, 0.3) is 0 Å². The van der Waals surface area contributed by atoms with Crippen LogP contribution in [0.5, 0.6) is 5.75 Å². The molecule has 2 aromatic carbocycles. The van der Waals surface area contributed by atoms with Crippen molar-refractivity contribution >= 4 is 16.9 Å². The molecule has 1 saturated heterocycles. The molecule has 0 saturated carbocycles. The monoisotopic (exact) mass is 506 g/mol. The fourth-order valence-corrected chi connectivity index (χ4v) is 5.71. The number of likely N-dealkylation sites (tertiary alicyclic amines) is 1. The summed E-state index contributed by atoms with van der Waals surface area (Å²) in [6, 6.07) is 16.0. The number of aryl methyl sites for hydroxylation is 1. The maximum absolute atomic E-state index is 11.8. The van der Waals surface area contributed by atoms with E-state index in [1.54, 1.807) is 13.3 Å². The molecule has 4 rings (SSSR count). The minimum atomic E-state index is -0.839. The smallest absolute Gasteiger partial charge is 0.303 e. The van der Waals surface area contributed by atoms with E-state index in [1.165, 1.54) is 5.56 Å². The Kier molecular flexibility index (Phi) is 9.14. The van der Waals surface area contributed by atoms with Crippen molar-refractivity contribution in [1.29, 1.82) is 0 Å². The molecule has 3 aromatic rings. The maximum atomic E-state index is 11.8. The molecule has 1 unspecified atom stereocenters. The van der Waals surface area contributed by atoms with Gasteiger partial charge in [0.05, 0.1) is 31.8 Å². The van der Waals surface area contributed by atoms with Gasteiger partial charge < -0.3 is 25.0 Å². The molecule has 7 nitrogen and oxygen atoms in total. The fourth-order valence-electron chi connectivity index (χ4n) is 5.71. The van der Waals surface area contributed by atoms with E-state index in [1.807, 2.05) is 24.3 Å². The van der Waals surface area contributed by atoms with Gasteiger partial charge in [0.1, 0.15) is 5.75 Å². The van der Waals surface area contributed by atoms with E-state index in [0.717, 1.165) is 56.2 Å². The van der Waals surface area contributed by atoms with Crippen LogP contribution in [0.2, 0.25) is 0 Å². The lowest BCUT2D eigenvalue weighted by Crippen LogP contribution is -2.41. The molecule has 0 spiro atoms. The van der Waals surface area contributed by atoms with E-state index in [4.69, 9.17) is 4.74 Å². The van der Waals surface area contributed by atoms with Crippen LogP contribution in [0.15, 0.2) is 54.7 Å². The molecule has 2 heterocycles. The number of nitrogens with zero attached hydrogens (tertiary/aromatic N) is 2. The molecule has 0 bridgehead atoms. The molecule has 198 valence electrons. The second kappa shape index (κ2) is 12.5. The highest BCUT2D eigenvalue weighted by Crippen LogP contribution is 2.42. The number of hydrogen-bond acceptors (Lipinski definition) is 6. The Labute approximate surface area is 218 Å². The minimum absolute atomic E-state index is 0.106. The third-order valence-corrected chi connectivity index (χ3v) is 7.88. The maximum Gasteiger partial charge on any atom is 0.303 e. The number of aliphatic carboxylic acids is 1. The number of carbonyl (C=O) groups is 1. The normalized spacial score (nSPS) is 16.5. The van der Waals surface area contributed by atoms with Gasteiger partial charge in [-0.3, -0.25) is 9.78 Å². The molecule has 1 aliphatic rings. The Bertz CT molecular complexity index is 1170. The van der Waals surface area contributed by atoms with E-state index >= 15 is 0 Å². The zero-order valence-electron chi connectivity index (χ0n) is 21.6. The number of aliphatic hydroxyl groups excluding tert-OH is 2. The van der Waals surface area contributed by atoms with Crippen molar-refractivity contribution in [3.63, 3.8) is 0 Å². The van der Waals surface area contributed by atoms with Gasteiger partial charge in [-0.2, -0.15) is 0 Å². The number of carboxylic acids is 1. The average molecular weight is 507 g/mol. The lowest BCUT2D eigenvalue weighted by Gasteiger charge is -2.41. The van der Waals surface area contributed by atoms with Crippen molar-refractivity contribution in [2.75, 3.05) is 26.7 Å². The standard InChI is InChI=1S/C30H38N2O5/c1-37-24-9-10-26-25(18-24)29(23(21-33)20-31-26)27(34)11-12-30(19-28(35)36)13-16-32(17-14-30)15-5-8-22-6-3-2-4-7-22/h2-4,6-7,9-10,18,20,27,33-34H,5,8,11-17,19,21H2,1H3,(H,35,36). The summed E-state index contributed by atoms with van der Waals surface area (Å²) in [5.41, 5.74) is 2.94. The number of ether oxygens (including phenoxy) is 1. The van der Waals surface area contributed by atoms with Crippen LogP contribution in [-0.2, 0) is 17.8 Å². The van der Waals surface area contributed by atoms with Crippen LogP contribution in [-0.4, -0.2) is 57.9 Å². The molecule has 3 N–H and O–H groups in total. The van der Waals surface area contributed by atoms with Gasteiger partial charge in [-0.25, -0.2) is 0 Å². The molecular weight excluding hydrogens is 468 g/mol. The van der Waals surface area contributed by atoms with Gasteiger partial charge in [-0.05, 0) is 92.9 Å². The van der Waals surface area contributed by atoms with Crippen LogP contribution in [0.4, 0.5) is 0 Å². The van der Waals surface area contributed by atoms with Crippen LogP contribution in [0, 0.1) is 5.41 Å². The quantitative estimate of drug-likeness (QED) is 0.326. The Morgan fingerprint density at radius 2 is 1.92 bits per heavy atom. The van der Waals surface area contributed by atoms with Crippen molar-refractivity contribution in [3.8, 4) is 5.75 Å². The first-order chi connectivity index (χ1) is 17.9. The molecule has 1 atom stereocenters. The SMILES string of the molecule is COc1ccc2ncc(CO)c(C(O)CCC3(CC(=O)O)CCN(CCCc4ccccc4)CC3)c2c1. The second-order valence-electron chi connectivity index (χ2n) is 10.3. The Balaban J connectivity index is 1.42. The largest absolute Gasteiger partial charge is 0.497 e. The lowest BCUT2D eigenvalue weighted by atomic mass is 9.71. The predicted octanol–water partition coefficient (Wildman–Crippen LogP) is 4.74. The molecule has 0 aliphatic carbocycles. The molecule has 1 aromatic heterocycles. The van der Waals surface area contributed by atoms with E-state index in [-0.39, 0.29) is 18.4 Å². The summed E-state index contributed by atoms with van der Waals surface area (Å²) in [6.45, 7) is 2.51. The highest BCUT2D eigenvalue weighted by atomic mass is 16.5. The summed E-state index contributed by atoms with van der Waals surface area (Å²) < 4.78 is 5.37. The highest BCUT2D eigenvalue weighted by molar-refractivity contribution is 5.85. The van der Waals surface area contributed by atoms with Crippen LogP contribution in [0.25, 0.3) is 10.9 Å². The number of carboxylic acid groups (broad SMARTS) is 1. The number of pyridine rings is 1. The Morgan fingerprint density at radius 3 is 2.59 bits per heavy atom.